The minimum absolute atomic E-state index is 0.000932. The molecule has 114 valence electrons. The van der Waals surface area contributed by atoms with Crippen LogP contribution in [0.3, 0.4) is 0 Å². The van der Waals surface area contributed by atoms with Gasteiger partial charge < -0.3 is 15.4 Å². The Bertz CT molecular complexity index is 511. The topological polar surface area (TPSA) is 55.6 Å². The Hall–Kier alpha value is -1.55. The molecule has 1 aliphatic heterocycles. The summed E-state index contributed by atoms with van der Waals surface area (Å²) in [6.07, 6.45) is 5.12. The van der Waals surface area contributed by atoms with Gasteiger partial charge in [-0.15, -0.1) is 0 Å². The predicted molar refractivity (Wildman–Crippen MR) is 82.0 cm³/mol. The highest BCUT2D eigenvalue weighted by atomic mass is 16.5. The van der Waals surface area contributed by atoms with Gasteiger partial charge in [0, 0.05) is 18.5 Å². The third-order valence-electron chi connectivity index (χ3n) is 4.63. The Labute approximate surface area is 126 Å². The molecule has 4 nitrogen and oxygen atoms in total. The lowest BCUT2D eigenvalue weighted by Gasteiger charge is -2.32. The molecule has 21 heavy (non-hydrogen) atoms. The number of nitrogens with zero attached hydrogens (tertiary/aromatic N) is 1. The molecule has 3 rings (SSSR count). The zero-order valence-corrected chi connectivity index (χ0v) is 12.6. The van der Waals surface area contributed by atoms with Crippen LogP contribution in [0.4, 0.5) is 0 Å². The summed E-state index contributed by atoms with van der Waals surface area (Å²) in [5.41, 5.74) is 7.38. The lowest BCUT2D eigenvalue weighted by Crippen LogP contribution is -2.39. The number of likely N-dealkylation sites (tertiary alicyclic amines) is 1. The van der Waals surface area contributed by atoms with Crippen molar-refractivity contribution in [2.24, 2.45) is 5.73 Å². The molecule has 1 aromatic carbocycles. The molecule has 4 heteroatoms. The van der Waals surface area contributed by atoms with Crippen molar-refractivity contribution in [3.8, 4) is 5.75 Å². The molecule has 1 saturated heterocycles. The number of carbonyl (C=O) groups is 1. The second-order valence-electron chi connectivity index (χ2n) is 6.06. The molecule has 2 atom stereocenters. The monoisotopic (exact) mass is 288 g/mol. The third-order valence-corrected chi connectivity index (χ3v) is 4.63. The van der Waals surface area contributed by atoms with Crippen molar-refractivity contribution in [3.63, 3.8) is 0 Å². The highest BCUT2D eigenvalue weighted by molar-refractivity contribution is 5.80. The molecular weight excluding hydrogens is 264 g/mol. The maximum absolute atomic E-state index is 12.4. The van der Waals surface area contributed by atoms with Gasteiger partial charge in [0.05, 0.1) is 12.6 Å². The second kappa shape index (κ2) is 6.06. The second-order valence-corrected chi connectivity index (χ2v) is 6.06. The first-order valence-corrected chi connectivity index (χ1v) is 8.00. The summed E-state index contributed by atoms with van der Waals surface area (Å²) in [5.74, 6) is 1.06. The first-order valence-electron chi connectivity index (χ1n) is 8.00. The summed E-state index contributed by atoms with van der Waals surface area (Å²) in [4.78, 5) is 14.4. The van der Waals surface area contributed by atoms with Gasteiger partial charge in [-0.05, 0) is 37.5 Å². The van der Waals surface area contributed by atoms with E-state index in [1.807, 2.05) is 25.1 Å². The summed E-state index contributed by atoms with van der Waals surface area (Å²) in [5, 5.41) is 0. The number of hydrogen-bond donors (Lipinski definition) is 1. The normalized spacial score (nSPS) is 26.6. The van der Waals surface area contributed by atoms with Gasteiger partial charge >= 0.3 is 0 Å². The van der Waals surface area contributed by atoms with Gasteiger partial charge in [-0.25, -0.2) is 0 Å². The standard InChI is InChI=1S/C17H24N2O2/c1-2-21-14-9-5-6-12(10-14)17-15(18)11-16(20)19(17)13-7-3-4-8-13/h5-6,9-10,13,15,17H,2-4,7-8,11,18H2,1H3. The lowest BCUT2D eigenvalue weighted by atomic mass is 9.99. The molecule has 0 radical (unpaired) electrons. The van der Waals surface area contributed by atoms with Crippen LogP contribution in [0, 0.1) is 0 Å². The SMILES string of the molecule is CCOc1cccc(C2C(N)CC(=O)N2C2CCCC2)c1. The quantitative estimate of drug-likeness (QED) is 0.926. The van der Waals surface area contributed by atoms with Crippen molar-refractivity contribution in [2.75, 3.05) is 6.61 Å². The van der Waals surface area contributed by atoms with E-state index < -0.39 is 0 Å². The molecule has 1 heterocycles. The average molecular weight is 288 g/mol. The highest BCUT2D eigenvalue weighted by Gasteiger charge is 2.42. The summed E-state index contributed by atoms with van der Waals surface area (Å²) < 4.78 is 5.58. The van der Waals surface area contributed by atoms with E-state index in [1.165, 1.54) is 12.8 Å². The highest BCUT2D eigenvalue weighted by Crippen LogP contribution is 2.39. The van der Waals surface area contributed by atoms with Crippen LogP contribution in [0.1, 0.15) is 50.6 Å². The Balaban J connectivity index is 1.89. The number of hydrogen-bond acceptors (Lipinski definition) is 3. The van der Waals surface area contributed by atoms with Gasteiger partial charge in [0.2, 0.25) is 5.91 Å². The predicted octanol–water partition coefficient (Wildman–Crippen LogP) is 2.63. The zero-order chi connectivity index (χ0) is 14.8. The number of benzene rings is 1. The molecule has 1 amide bonds. The fourth-order valence-electron chi connectivity index (χ4n) is 3.76. The van der Waals surface area contributed by atoms with Crippen LogP contribution in [0.15, 0.2) is 24.3 Å². The maximum atomic E-state index is 12.4. The first-order chi connectivity index (χ1) is 10.2. The Morgan fingerprint density at radius 1 is 1.33 bits per heavy atom. The van der Waals surface area contributed by atoms with E-state index >= 15 is 0 Å². The average Bonchev–Trinajstić information content (AvgIpc) is 3.07. The number of rotatable bonds is 4. The molecule has 1 saturated carbocycles. The summed E-state index contributed by atoms with van der Waals surface area (Å²) in [6, 6.07) is 8.29. The molecule has 2 fully saturated rings. The van der Waals surface area contributed by atoms with E-state index in [9.17, 15) is 4.79 Å². The lowest BCUT2D eigenvalue weighted by molar-refractivity contribution is -0.131. The van der Waals surface area contributed by atoms with Crippen LogP contribution < -0.4 is 10.5 Å². The van der Waals surface area contributed by atoms with E-state index in [2.05, 4.69) is 11.0 Å². The minimum atomic E-state index is -0.116. The van der Waals surface area contributed by atoms with E-state index in [-0.39, 0.29) is 18.0 Å². The van der Waals surface area contributed by atoms with Crippen LogP contribution in [0.25, 0.3) is 0 Å². The van der Waals surface area contributed by atoms with Crippen LogP contribution in [0.2, 0.25) is 0 Å². The molecule has 2 aliphatic rings. The molecular formula is C17H24N2O2. The van der Waals surface area contributed by atoms with Crippen LogP contribution >= 0.6 is 0 Å². The summed E-state index contributed by atoms with van der Waals surface area (Å²) in [6.45, 7) is 2.62. The van der Waals surface area contributed by atoms with Gasteiger partial charge in [-0.3, -0.25) is 4.79 Å². The Kier molecular flexibility index (Phi) is 4.15. The van der Waals surface area contributed by atoms with Gasteiger partial charge in [0.1, 0.15) is 5.75 Å². The molecule has 1 aromatic rings. The molecule has 1 aliphatic carbocycles. The zero-order valence-electron chi connectivity index (χ0n) is 12.6. The number of ether oxygens (including phenoxy) is 1. The van der Waals surface area contributed by atoms with Crippen LogP contribution in [-0.2, 0) is 4.79 Å². The van der Waals surface area contributed by atoms with E-state index in [0.717, 1.165) is 24.2 Å². The Morgan fingerprint density at radius 2 is 2.10 bits per heavy atom. The summed E-state index contributed by atoms with van der Waals surface area (Å²) >= 11 is 0. The molecule has 0 spiro atoms. The number of nitrogens with two attached hydrogens (primary N) is 1. The number of carbonyl (C=O) groups excluding carboxylic acids is 1. The van der Waals surface area contributed by atoms with Crippen LogP contribution in [0.5, 0.6) is 5.75 Å². The van der Waals surface area contributed by atoms with Gasteiger partial charge in [0.25, 0.3) is 0 Å². The van der Waals surface area contributed by atoms with Crippen molar-refractivity contribution in [3.05, 3.63) is 29.8 Å². The summed E-state index contributed by atoms with van der Waals surface area (Å²) in [7, 11) is 0. The van der Waals surface area contributed by atoms with E-state index in [0.29, 0.717) is 19.1 Å². The van der Waals surface area contributed by atoms with Gasteiger partial charge in [-0.2, -0.15) is 0 Å². The largest absolute Gasteiger partial charge is 0.494 e. The van der Waals surface area contributed by atoms with Crippen molar-refractivity contribution in [1.82, 2.24) is 4.90 Å². The molecule has 0 aromatic heterocycles. The smallest absolute Gasteiger partial charge is 0.225 e. The van der Waals surface area contributed by atoms with Crippen molar-refractivity contribution in [2.45, 2.75) is 57.2 Å². The molecule has 2 N–H and O–H groups in total. The van der Waals surface area contributed by atoms with Crippen molar-refractivity contribution >= 4 is 5.91 Å². The first kappa shape index (κ1) is 14.4. The molecule has 2 unspecified atom stereocenters. The van der Waals surface area contributed by atoms with E-state index in [4.69, 9.17) is 10.5 Å². The van der Waals surface area contributed by atoms with Crippen molar-refractivity contribution < 1.29 is 9.53 Å². The number of amides is 1. The Morgan fingerprint density at radius 3 is 2.81 bits per heavy atom. The third kappa shape index (κ3) is 2.77. The van der Waals surface area contributed by atoms with Crippen LogP contribution in [-0.4, -0.2) is 29.5 Å². The minimum Gasteiger partial charge on any atom is -0.494 e. The van der Waals surface area contributed by atoms with Gasteiger partial charge in [0.15, 0.2) is 0 Å². The van der Waals surface area contributed by atoms with Crippen molar-refractivity contribution in [1.29, 1.82) is 0 Å². The van der Waals surface area contributed by atoms with Gasteiger partial charge in [-0.1, -0.05) is 25.0 Å². The molecule has 0 bridgehead atoms. The fraction of sp³-hybridized carbons (Fsp3) is 0.588. The maximum Gasteiger partial charge on any atom is 0.225 e. The van der Waals surface area contributed by atoms with E-state index in [1.54, 1.807) is 0 Å². The fourth-order valence-corrected chi connectivity index (χ4v) is 3.76.